The molecule has 1 unspecified atom stereocenters. The second kappa shape index (κ2) is 3.77. The number of nitrogens with one attached hydrogen (secondary N) is 1. The highest BCUT2D eigenvalue weighted by atomic mass is 16.1. The average Bonchev–Trinajstić information content (AvgIpc) is 2.58. The number of rotatable bonds is 2. The van der Waals surface area contributed by atoms with E-state index in [1.54, 1.807) is 0 Å². The fourth-order valence-corrected chi connectivity index (χ4v) is 2.34. The molecule has 1 aromatic rings. The molecule has 4 nitrogen and oxygen atoms in total. The van der Waals surface area contributed by atoms with Crippen molar-refractivity contribution in [3.05, 3.63) is 27.4 Å². The van der Waals surface area contributed by atoms with E-state index < -0.39 is 0 Å². The van der Waals surface area contributed by atoms with Gasteiger partial charge in [-0.25, -0.2) is 4.79 Å². The molecule has 0 fully saturated rings. The normalized spacial score (nSPS) is 19.6. The van der Waals surface area contributed by atoms with Crippen LogP contribution in [0.25, 0.3) is 0 Å². The van der Waals surface area contributed by atoms with Crippen LogP contribution in [-0.2, 0) is 6.42 Å². The summed E-state index contributed by atoms with van der Waals surface area (Å²) < 4.78 is 0. The van der Waals surface area contributed by atoms with Crippen molar-refractivity contribution in [1.82, 2.24) is 9.97 Å². The number of aromatic amines is 1. The van der Waals surface area contributed by atoms with Gasteiger partial charge in [-0.2, -0.15) is 4.98 Å². The van der Waals surface area contributed by atoms with Gasteiger partial charge in [-0.1, -0.05) is 13.8 Å². The molecule has 0 saturated heterocycles. The Hall–Kier alpha value is -1.16. The lowest BCUT2D eigenvalue weighted by molar-refractivity contribution is 0.668. The number of hydrogen-bond acceptors (Lipinski definition) is 3. The van der Waals surface area contributed by atoms with Crippen LogP contribution in [0.4, 0.5) is 0 Å². The van der Waals surface area contributed by atoms with Crippen LogP contribution in [0.5, 0.6) is 0 Å². The first-order valence-electron chi connectivity index (χ1n) is 5.46. The standard InChI is InChI=1S/C11H17N3O/c1-6(2)10-9-7(5-12)3-4-8(9)13-11(15)14-10/h6-7H,3-5,12H2,1-2H3,(H,13,14,15). The molecule has 1 atom stereocenters. The van der Waals surface area contributed by atoms with Crippen LogP contribution in [-0.4, -0.2) is 16.5 Å². The summed E-state index contributed by atoms with van der Waals surface area (Å²) in [5.74, 6) is 0.662. The van der Waals surface area contributed by atoms with Crippen LogP contribution in [0.2, 0.25) is 0 Å². The van der Waals surface area contributed by atoms with E-state index in [4.69, 9.17) is 5.73 Å². The smallest absolute Gasteiger partial charge is 0.330 e. The van der Waals surface area contributed by atoms with E-state index in [2.05, 4.69) is 23.8 Å². The number of aromatic nitrogens is 2. The minimum Gasteiger partial charge on any atom is -0.330 e. The molecule has 15 heavy (non-hydrogen) atoms. The molecule has 1 aliphatic rings. The minimum atomic E-state index is -0.227. The molecular weight excluding hydrogens is 190 g/mol. The predicted octanol–water partition coefficient (Wildman–Crippen LogP) is 0.882. The Morgan fingerprint density at radius 1 is 1.60 bits per heavy atom. The molecule has 82 valence electrons. The molecule has 0 aliphatic heterocycles. The van der Waals surface area contributed by atoms with Crippen molar-refractivity contribution in [2.75, 3.05) is 6.54 Å². The SMILES string of the molecule is CC(C)c1nc(=O)[nH]c2c1C(CN)CC2. The molecular formula is C11H17N3O. The van der Waals surface area contributed by atoms with Crippen molar-refractivity contribution in [2.24, 2.45) is 5.73 Å². The number of hydrogen-bond donors (Lipinski definition) is 2. The van der Waals surface area contributed by atoms with Gasteiger partial charge in [0.2, 0.25) is 0 Å². The molecule has 0 amide bonds. The maximum Gasteiger partial charge on any atom is 0.345 e. The maximum atomic E-state index is 11.4. The van der Waals surface area contributed by atoms with E-state index in [0.29, 0.717) is 12.5 Å². The van der Waals surface area contributed by atoms with E-state index in [0.717, 1.165) is 24.2 Å². The monoisotopic (exact) mass is 207 g/mol. The van der Waals surface area contributed by atoms with Crippen LogP contribution in [0.1, 0.15) is 49.1 Å². The first kappa shape index (κ1) is 10.4. The van der Waals surface area contributed by atoms with Crippen LogP contribution in [0, 0.1) is 0 Å². The highest BCUT2D eigenvalue weighted by Crippen LogP contribution is 2.34. The Morgan fingerprint density at radius 3 is 2.93 bits per heavy atom. The average molecular weight is 207 g/mol. The maximum absolute atomic E-state index is 11.4. The van der Waals surface area contributed by atoms with Crippen LogP contribution >= 0.6 is 0 Å². The summed E-state index contributed by atoms with van der Waals surface area (Å²) in [5, 5.41) is 0. The highest BCUT2D eigenvalue weighted by Gasteiger charge is 2.27. The molecule has 4 heteroatoms. The predicted molar refractivity (Wildman–Crippen MR) is 59.1 cm³/mol. The fourth-order valence-electron chi connectivity index (χ4n) is 2.34. The molecule has 0 aromatic carbocycles. The number of nitrogens with zero attached hydrogens (tertiary/aromatic N) is 1. The Balaban J connectivity index is 2.60. The third kappa shape index (κ3) is 1.69. The largest absolute Gasteiger partial charge is 0.345 e. The van der Waals surface area contributed by atoms with Gasteiger partial charge in [0.25, 0.3) is 0 Å². The van der Waals surface area contributed by atoms with Gasteiger partial charge in [-0.05, 0) is 30.9 Å². The zero-order valence-electron chi connectivity index (χ0n) is 9.21. The van der Waals surface area contributed by atoms with Gasteiger partial charge in [-0.3, -0.25) is 0 Å². The zero-order valence-corrected chi connectivity index (χ0v) is 9.21. The van der Waals surface area contributed by atoms with E-state index in [9.17, 15) is 4.79 Å². The second-order valence-electron chi connectivity index (χ2n) is 4.45. The Bertz CT molecular complexity index is 422. The molecule has 1 heterocycles. The van der Waals surface area contributed by atoms with Crippen molar-refractivity contribution >= 4 is 0 Å². The molecule has 2 rings (SSSR count). The van der Waals surface area contributed by atoms with Gasteiger partial charge in [0.05, 0.1) is 5.69 Å². The lowest BCUT2D eigenvalue weighted by atomic mass is 9.96. The van der Waals surface area contributed by atoms with Crippen LogP contribution in [0.3, 0.4) is 0 Å². The summed E-state index contributed by atoms with van der Waals surface area (Å²) in [4.78, 5) is 18.3. The molecule has 3 N–H and O–H groups in total. The van der Waals surface area contributed by atoms with Crippen molar-refractivity contribution in [1.29, 1.82) is 0 Å². The minimum absolute atomic E-state index is 0.227. The highest BCUT2D eigenvalue weighted by molar-refractivity contribution is 5.35. The first-order valence-corrected chi connectivity index (χ1v) is 5.46. The lowest BCUT2D eigenvalue weighted by Gasteiger charge is -2.14. The summed E-state index contributed by atoms with van der Waals surface area (Å²) in [6.07, 6.45) is 1.96. The summed E-state index contributed by atoms with van der Waals surface area (Å²) in [6, 6.07) is 0. The van der Waals surface area contributed by atoms with Crippen molar-refractivity contribution in [3.63, 3.8) is 0 Å². The van der Waals surface area contributed by atoms with Gasteiger partial charge in [0.15, 0.2) is 0 Å². The topological polar surface area (TPSA) is 71.8 Å². The summed E-state index contributed by atoms with van der Waals surface area (Å²) >= 11 is 0. The van der Waals surface area contributed by atoms with Crippen LogP contribution < -0.4 is 11.4 Å². The number of H-pyrrole nitrogens is 1. The number of fused-ring (bicyclic) bond motifs is 1. The van der Waals surface area contributed by atoms with E-state index in [-0.39, 0.29) is 11.6 Å². The van der Waals surface area contributed by atoms with Crippen molar-refractivity contribution in [3.8, 4) is 0 Å². The van der Waals surface area contributed by atoms with Crippen molar-refractivity contribution < 1.29 is 0 Å². The third-order valence-corrected chi connectivity index (χ3v) is 3.06. The summed E-state index contributed by atoms with van der Waals surface area (Å²) in [5.41, 5.74) is 8.69. The third-order valence-electron chi connectivity index (χ3n) is 3.06. The van der Waals surface area contributed by atoms with E-state index >= 15 is 0 Å². The van der Waals surface area contributed by atoms with E-state index in [1.807, 2.05) is 0 Å². The molecule has 0 saturated carbocycles. The van der Waals surface area contributed by atoms with Gasteiger partial charge in [-0.15, -0.1) is 0 Å². The summed E-state index contributed by atoms with van der Waals surface area (Å²) in [7, 11) is 0. The molecule has 1 aliphatic carbocycles. The summed E-state index contributed by atoms with van der Waals surface area (Å²) in [6.45, 7) is 4.77. The molecule has 0 radical (unpaired) electrons. The molecule has 0 bridgehead atoms. The van der Waals surface area contributed by atoms with Gasteiger partial charge in [0.1, 0.15) is 0 Å². The molecule has 1 aromatic heterocycles. The lowest BCUT2D eigenvalue weighted by Crippen LogP contribution is -2.20. The number of aryl methyl sites for hydroxylation is 1. The quantitative estimate of drug-likeness (QED) is 0.756. The van der Waals surface area contributed by atoms with Crippen LogP contribution in [0.15, 0.2) is 4.79 Å². The first-order chi connectivity index (χ1) is 7.13. The number of nitrogens with two attached hydrogens (primary N) is 1. The second-order valence-corrected chi connectivity index (χ2v) is 4.45. The van der Waals surface area contributed by atoms with Gasteiger partial charge < -0.3 is 10.7 Å². The Labute approximate surface area is 88.9 Å². The fraction of sp³-hybridized carbons (Fsp3) is 0.636. The zero-order chi connectivity index (χ0) is 11.0. The van der Waals surface area contributed by atoms with Gasteiger partial charge >= 0.3 is 5.69 Å². The Morgan fingerprint density at radius 2 is 2.33 bits per heavy atom. The van der Waals surface area contributed by atoms with Crippen molar-refractivity contribution in [2.45, 2.75) is 38.5 Å². The Kier molecular flexibility index (Phi) is 2.61. The van der Waals surface area contributed by atoms with E-state index in [1.165, 1.54) is 5.56 Å². The molecule has 0 spiro atoms. The van der Waals surface area contributed by atoms with Gasteiger partial charge in [0, 0.05) is 11.6 Å².